The Hall–Kier alpha value is 0.350. The SMILES string of the molecule is O=C(CCSCSCCCOOCCSCSCCOC(=O)CCSCSCCC(=O)OCCO)OCCO. The zero-order valence-corrected chi connectivity index (χ0v) is 27.2. The highest BCUT2D eigenvalue weighted by Gasteiger charge is 2.05. The van der Waals surface area contributed by atoms with E-state index in [1.165, 1.54) is 0 Å². The van der Waals surface area contributed by atoms with E-state index in [-0.39, 0.29) is 44.3 Å². The standard InChI is InChI=1S/C23H42O10S6/c24-5-8-29-21(26)2-13-35-18-34-12-1-7-32-33-11-17-39-20-38-16-10-31-23(28)4-15-37-19-36-14-3-22(27)30-9-6-25/h24-25H,1-20H2. The predicted octanol–water partition coefficient (Wildman–Crippen LogP) is 3.38. The Balaban J connectivity index is 3.21. The Bertz CT molecular complexity index is 592. The number of thioether (sulfide) groups is 6. The molecule has 0 aromatic carbocycles. The average molecular weight is 671 g/mol. The molecular weight excluding hydrogens is 629 g/mol. The summed E-state index contributed by atoms with van der Waals surface area (Å²) in [4.78, 5) is 44.6. The summed E-state index contributed by atoms with van der Waals surface area (Å²) in [5.41, 5.74) is 0. The van der Waals surface area contributed by atoms with Crippen LogP contribution in [0.4, 0.5) is 0 Å². The maximum absolute atomic E-state index is 11.7. The molecule has 2 N–H and O–H groups in total. The molecule has 0 atom stereocenters. The van der Waals surface area contributed by atoms with Crippen molar-refractivity contribution in [2.45, 2.75) is 25.7 Å². The molecule has 0 heterocycles. The van der Waals surface area contributed by atoms with E-state index in [1.807, 2.05) is 0 Å². The third kappa shape index (κ3) is 32.7. The van der Waals surface area contributed by atoms with Crippen molar-refractivity contribution in [1.29, 1.82) is 0 Å². The first-order valence-electron chi connectivity index (χ1n) is 12.5. The van der Waals surface area contributed by atoms with Crippen molar-refractivity contribution in [3.05, 3.63) is 0 Å². The zero-order chi connectivity index (χ0) is 28.7. The fraction of sp³-hybridized carbons (Fsp3) is 0.870. The first-order valence-corrected chi connectivity index (χ1v) is 19.4. The smallest absolute Gasteiger partial charge is 0.306 e. The van der Waals surface area contributed by atoms with Crippen LogP contribution in [0.1, 0.15) is 25.7 Å². The molecule has 0 aliphatic rings. The number of ether oxygens (including phenoxy) is 3. The molecule has 0 unspecified atom stereocenters. The van der Waals surface area contributed by atoms with Gasteiger partial charge in [-0.25, -0.2) is 9.78 Å². The second-order valence-electron chi connectivity index (χ2n) is 7.16. The Labute approximate surface area is 257 Å². The molecule has 0 fully saturated rings. The van der Waals surface area contributed by atoms with Gasteiger partial charge in [-0.2, -0.15) is 47.0 Å². The van der Waals surface area contributed by atoms with Gasteiger partial charge >= 0.3 is 17.9 Å². The van der Waals surface area contributed by atoms with E-state index in [1.54, 1.807) is 70.6 Å². The molecule has 0 radical (unpaired) electrons. The van der Waals surface area contributed by atoms with Crippen LogP contribution in [0.5, 0.6) is 0 Å². The number of carbonyl (C=O) groups excluding carboxylic acids is 3. The fourth-order valence-electron chi connectivity index (χ4n) is 2.18. The Morgan fingerprint density at radius 2 is 0.846 bits per heavy atom. The van der Waals surface area contributed by atoms with Crippen LogP contribution >= 0.6 is 70.6 Å². The van der Waals surface area contributed by atoms with E-state index >= 15 is 0 Å². The molecule has 0 aliphatic carbocycles. The molecule has 0 bridgehead atoms. The van der Waals surface area contributed by atoms with Gasteiger partial charge in [0.2, 0.25) is 0 Å². The van der Waals surface area contributed by atoms with Gasteiger partial charge in [0.1, 0.15) is 19.8 Å². The van der Waals surface area contributed by atoms with Crippen LogP contribution in [0.15, 0.2) is 0 Å². The second-order valence-corrected chi connectivity index (χ2v) is 14.9. The van der Waals surface area contributed by atoms with Crippen LogP contribution in [0, 0.1) is 0 Å². The quantitative estimate of drug-likeness (QED) is 0.0288. The minimum atomic E-state index is -0.302. The van der Waals surface area contributed by atoms with Crippen LogP contribution in [0.2, 0.25) is 0 Å². The Kier molecular flexibility index (Phi) is 33.2. The molecule has 0 saturated carbocycles. The molecule has 0 aromatic rings. The summed E-state index contributed by atoms with van der Waals surface area (Å²) in [6.45, 7) is 1.30. The van der Waals surface area contributed by atoms with E-state index in [4.69, 9.17) is 34.2 Å². The van der Waals surface area contributed by atoms with Gasteiger partial charge in [0, 0.05) is 44.0 Å². The highest BCUT2D eigenvalue weighted by molar-refractivity contribution is 8.16. The van der Waals surface area contributed by atoms with Gasteiger partial charge in [0.05, 0.1) is 45.7 Å². The van der Waals surface area contributed by atoms with Crippen molar-refractivity contribution in [2.75, 3.05) is 96.0 Å². The lowest BCUT2D eigenvalue weighted by Crippen LogP contribution is -2.09. The van der Waals surface area contributed by atoms with Gasteiger partial charge in [0.25, 0.3) is 0 Å². The number of aliphatic hydroxyl groups excluding tert-OH is 2. The molecule has 230 valence electrons. The van der Waals surface area contributed by atoms with Crippen LogP contribution in [-0.2, 0) is 38.4 Å². The summed E-state index contributed by atoms with van der Waals surface area (Å²) in [6.07, 6.45) is 1.96. The van der Waals surface area contributed by atoms with Crippen LogP contribution in [0.25, 0.3) is 0 Å². The molecule has 39 heavy (non-hydrogen) atoms. The molecule has 0 amide bonds. The van der Waals surface area contributed by atoms with Gasteiger partial charge in [-0.15, -0.1) is 23.5 Å². The van der Waals surface area contributed by atoms with Crippen LogP contribution < -0.4 is 0 Å². The van der Waals surface area contributed by atoms with E-state index in [9.17, 15) is 14.4 Å². The van der Waals surface area contributed by atoms with Crippen molar-refractivity contribution in [1.82, 2.24) is 0 Å². The fourth-order valence-corrected chi connectivity index (χ4v) is 8.06. The Morgan fingerprint density at radius 1 is 0.462 bits per heavy atom. The predicted molar refractivity (Wildman–Crippen MR) is 167 cm³/mol. The average Bonchev–Trinajstić information content (AvgIpc) is 2.93. The number of rotatable bonds is 30. The van der Waals surface area contributed by atoms with Crippen molar-refractivity contribution in [3.8, 4) is 0 Å². The molecule has 0 aromatic heterocycles. The van der Waals surface area contributed by atoms with Crippen molar-refractivity contribution in [2.24, 2.45) is 0 Å². The third-order valence-corrected chi connectivity index (χ3v) is 10.9. The van der Waals surface area contributed by atoms with Crippen molar-refractivity contribution < 1.29 is 48.6 Å². The monoisotopic (exact) mass is 670 g/mol. The number of aliphatic hydroxyl groups is 2. The third-order valence-electron chi connectivity index (χ3n) is 3.96. The minimum absolute atomic E-state index is 0.0448. The summed E-state index contributed by atoms with van der Waals surface area (Å²) in [5, 5.41) is 19.8. The minimum Gasteiger partial charge on any atom is -0.465 e. The summed E-state index contributed by atoms with van der Waals surface area (Å²) in [6, 6.07) is 0. The first kappa shape index (κ1) is 39.4. The van der Waals surface area contributed by atoms with Gasteiger partial charge in [-0.3, -0.25) is 14.4 Å². The summed E-state index contributed by atoms with van der Waals surface area (Å²) < 4.78 is 14.8. The normalized spacial score (nSPS) is 10.9. The van der Waals surface area contributed by atoms with E-state index < -0.39 is 0 Å². The maximum Gasteiger partial charge on any atom is 0.306 e. The molecule has 0 aliphatic heterocycles. The van der Waals surface area contributed by atoms with Crippen molar-refractivity contribution in [3.63, 3.8) is 0 Å². The Morgan fingerprint density at radius 3 is 1.33 bits per heavy atom. The van der Waals surface area contributed by atoms with E-state index in [0.29, 0.717) is 50.6 Å². The summed E-state index contributed by atoms with van der Waals surface area (Å²) in [7, 11) is 0. The van der Waals surface area contributed by atoms with Gasteiger partial charge in [-0.05, 0) is 12.2 Å². The molecule has 0 spiro atoms. The highest BCUT2D eigenvalue weighted by atomic mass is 32.2. The van der Waals surface area contributed by atoms with Crippen LogP contribution in [0.3, 0.4) is 0 Å². The van der Waals surface area contributed by atoms with E-state index in [0.717, 1.165) is 44.7 Å². The number of esters is 3. The van der Waals surface area contributed by atoms with Crippen LogP contribution in [-0.4, -0.2) is 124 Å². The van der Waals surface area contributed by atoms with Gasteiger partial charge < -0.3 is 24.4 Å². The topological polar surface area (TPSA) is 138 Å². The first-order chi connectivity index (χ1) is 19.1. The zero-order valence-electron chi connectivity index (χ0n) is 22.3. The lowest BCUT2D eigenvalue weighted by molar-refractivity contribution is -0.289. The lowest BCUT2D eigenvalue weighted by atomic mass is 10.5. The summed E-state index contributed by atoms with van der Waals surface area (Å²) in [5.74, 6) is 3.86. The lowest BCUT2D eigenvalue weighted by Gasteiger charge is -2.06. The van der Waals surface area contributed by atoms with Gasteiger partial charge in [0.15, 0.2) is 0 Å². The highest BCUT2D eigenvalue weighted by Crippen LogP contribution is 2.16. The number of carbonyl (C=O) groups is 3. The van der Waals surface area contributed by atoms with Gasteiger partial charge in [-0.1, -0.05) is 0 Å². The molecule has 0 rings (SSSR count). The van der Waals surface area contributed by atoms with E-state index in [2.05, 4.69) is 0 Å². The molecule has 0 saturated heterocycles. The summed E-state index contributed by atoms with van der Waals surface area (Å²) >= 11 is 10.2. The second kappa shape index (κ2) is 32.9. The molecule has 16 heteroatoms. The number of hydrogen-bond donors (Lipinski definition) is 2. The largest absolute Gasteiger partial charge is 0.465 e. The molecular formula is C23H42O10S6. The number of hydrogen-bond acceptors (Lipinski definition) is 16. The maximum atomic E-state index is 11.7. The molecule has 10 nitrogen and oxygen atoms in total. The van der Waals surface area contributed by atoms with Crippen molar-refractivity contribution >= 4 is 88.5 Å².